The van der Waals surface area contributed by atoms with Gasteiger partial charge in [0.1, 0.15) is 0 Å². The number of hydrogen-bond acceptors (Lipinski definition) is 3. The molecule has 0 fully saturated rings. The molecule has 2 aromatic rings. The van der Waals surface area contributed by atoms with Crippen molar-refractivity contribution in [3.63, 3.8) is 0 Å². The molecule has 1 N–H and O–H groups in total. The number of rotatable bonds is 4. The second-order valence-electron chi connectivity index (χ2n) is 6.41. The fourth-order valence-corrected chi connectivity index (χ4v) is 4.01. The van der Waals surface area contributed by atoms with Gasteiger partial charge in [-0.3, -0.25) is 4.79 Å². The van der Waals surface area contributed by atoms with Crippen molar-refractivity contribution >= 4 is 29.5 Å². The SMILES string of the molecule is CC(/C=N\NC(=O)c1cc2c(s1)CC[C@H](C)C2)=C\c1ccccc1. The summed E-state index contributed by atoms with van der Waals surface area (Å²) in [6, 6.07) is 12.1. The van der Waals surface area contributed by atoms with Crippen LogP contribution in [0.2, 0.25) is 0 Å². The second-order valence-corrected chi connectivity index (χ2v) is 7.54. The Labute approximate surface area is 147 Å². The van der Waals surface area contributed by atoms with E-state index < -0.39 is 0 Å². The van der Waals surface area contributed by atoms with Gasteiger partial charge in [0.2, 0.25) is 0 Å². The minimum absolute atomic E-state index is 0.120. The molecule has 0 saturated carbocycles. The van der Waals surface area contributed by atoms with Gasteiger partial charge in [0.15, 0.2) is 0 Å². The first-order chi connectivity index (χ1) is 11.6. The Morgan fingerprint density at radius 2 is 2.12 bits per heavy atom. The van der Waals surface area contributed by atoms with Crippen molar-refractivity contribution in [3.05, 3.63) is 62.9 Å². The van der Waals surface area contributed by atoms with Crippen molar-refractivity contribution in [2.75, 3.05) is 0 Å². The lowest BCUT2D eigenvalue weighted by molar-refractivity contribution is 0.0959. The van der Waals surface area contributed by atoms with Crippen LogP contribution in [0.1, 0.15) is 45.9 Å². The molecule has 0 radical (unpaired) electrons. The predicted molar refractivity (Wildman–Crippen MR) is 102 cm³/mol. The molecule has 24 heavy (non-hydrogen) atoms. The van der Waals surface area contributed by atoms with Crippen LogP contribution in [0.5, 0.6) is 0 Å². The third-order valence-electron chi connectivity index (χ3n) is 4.18. The smallest absolute Gasteiger partial charge is 0.266 e. The van der Waals surface area contributed by atoms with Crippen molar-refractivity contribution in [1.29, 1.82) is 0 Å². The summed E-state index contributed by atoms with van der Waals surface area (Å²) in [4.78, 5) is 14.4. The zero-order valence-electron chi connectivity index (χ0n) is 14.1. The number of carbonyl (C=O) groups excluding carboxylic acids is 1. The zero-order valence-corrected chi connectivity index (χ0v) is 14.9. The van der Waals surface area contributed by atoms with E-state index >= 15 is 0 Å². The first-order valence-electron chi connectivity index (χ1n) is 8.30. The standard InChI is InChI=1S/C20H22N2OS/c1-14-8-9-18-17(11-14)12-19(24-18)20(23)22-21-13-15(2)10-16-6-4-3-5-7-16/h3-7,10,12-14H,8-9,11H2,1-2H3,(H,22,23)/b15-10+,21-13-/t14-/m0/s1. The Kier molecular flexibility index (Phi) is 5.26. The third kappa shape index (κ3) is 4.20. The Morgan fingerprint density at radius 3 is 2.92 bits per heavy atom. The average Bonchev–Trinajstić information content (AvgIpc) is 2.99. The van der Waals surface area contributed by atoms with E-state index in [2.05, 4.69) is 17.5 Å². The van der Waals surface area contributed by atoms with E-state index in [0.29, 0.717) is 5.92 Å². The molecule has 0 bridgehead atoms. The lowest BCUT2D eigenvalue weighted by atomic mass is 9.90. The van der Waals surface area contributed by atoms with Crippen LogP contribution >= 0.6 is 11.3 Å². The minimum Gasteiger partial charge on any atom is -0.266 e. The van der Waals surface area contributed by atoms with E-state index in [4.69, 9.17) is 0 Å². The normalized spacial score (nSPS) is 17.8. The van der Waals surface area contributed by atoms with Gasteiger partial charge in [-0.25, -0.2) is 5.43 Å². The maximum atomic E-state index is 12.2. The molecule has 124 valence electrons. The van der Waals surface area contributed by atoms with Crippen molar-refractivity contribution in [2.45, 2.75) is 33.1 Å². The largest absolute Gasteiger partial charge is 0.281 e. The topological polar surface area (TPSA) is 41.5 Å². The maximum absolute atomic E-state index is 12.2. The van der Waals surface area contributed by atoms with Crippen LogP contribution in [0.15, 0.2) is 47.1 Å². The van der Waals surface area contributed by atoms with Gasteiger partial charge in [-0.05, 0) is 54.9 Å². The molecule has 4 heteroatoms. The van der Waals surface area contributed by atoms with Gasteiger partial charge in [0.25, 0.3) is 5.91 Å². The number of carbonyl (C=O) groups is 1. The zero-order chi connectivity index (χ0) is 16.9. The molecular formula is C20H22N2OS. The first kappa shape index (κ1) is 16.7. The van der Waals surface area contributed by atoms with Gasteiger partial charge in [0.05, 0.1) is 11.1 Å². The highest BCUT2D eigenvalue weighted by molar-refractivity contribution is 7.14. The molecule has 1 heterocycles. The molecule has 1 aliphatic carbocycles. The Bertz CT molecular complexity index is 774. The van der Waals surface area contributed by atoms with Crippen LogP contribution < -0.4 is 5.43 Å². The highest BCUT2D eigenvalue weighted by Gasteiger charge is 2.20. The molecule has 1 aromatic heterocycles. The molecule has 3 nitrogen and oxygen atoms in total. The summed E-state index contributed by atoms with van der Waals surface area (Å²) in [6.07, 6.45) is 7.11. The number of aryl methyl sites for hydroxylation is 1. The number of hydrazone groups is 1. The van der Waals surface area contributed by atoms with Crippen LogP contribution in [0.25, 0.3) is 6.08 Å². The summed E-state index contributed by atoms with van der Waals surface area (Å²) in [6.45, 7) is 4.24. The van der Waals surface area contributed by atoms with Crippen molar-refractivity contribution in [2.24, 2.45) is 11.0 Å². The Hall–Kier alpha value is -2.20. The number of benzene rings is 1. The molecule has 1 aromatic carbocycles. The highest BCUT2D eigenvalue weighted by Crippen LogP contribution is 2.32. The van der Waals surface area contributed by atoms with E-state index in [0.717, 1.165) is 28.9 Å². The van der Waals surface area contributed by atoms with E-state index in [1.807, 2.05) is 49.4 Å². The van der Waals surface area contributed by atoms with Gasteiger partial charge in [-0.2, -0.15) is 5.10 Å². The van der Waals surface area contributed by atoms with Crippen molar-refractivity contribution in [3.8, 4) is 0 Å². The predicted octanol–water partition coefficient (Wildman–Crippen LogP) is 4.69. The third-order valence-corrected chi connectivity index (χ3v) is 5.42. The summed E-state index contributed by atoms with van der Waals surface area (Å²) < 4.78 is 0. The summed E-state index contributed by atoms with van der Waals surface area (Å²) >= 11 is 1.61. The average molecular weight is 338 g/mol. The van der Waals surface area contributed by atoms with Gasteiger partial charge in [0, 0.05) is 4.88 Å². The molecule has 0 unspecified atom stereocenters. The van der Waals surface area contributed by atoms with Crippen molar-refractivity contribution < 1.29 is 4.79 Å². The van der Waals surface area contributed by atoms with Gasteiger partial charge in [-0.1, -0.05) is 43.3 Å². The number of allylic oxidation sites excluding steroid dienone is 1. The Balaban J connectivity index is 1.60. The minimum atomic E-state index is -0.120. The number of amides is 1. The van der Waals surface area contributed by atoms with E-state index in [9.17, 15) is 4.79 Å². The maximum Gasteiger partial charge on any atom is 0.281 e. The molecule has 1 aliphatic rings. The summed E-state index contributed by atoms with van der Waals surface area (Å²) in [5, 5.41) is 4.08. The summed E-state index contributed by atoms with van der Waals surface area (Å²) in [5.41, 5.74) is 6.08. The lowest BCUT2D eigenvalue weighted by Crippen LogP contribution is -2.16. The van der Waals surface area contributed by atoms with Crippen LogP contribution in [-0.4, -0.2) is 12.1 Å². The molecule has 0 aliphatic heterocycles. The summed E-state index contributed by atoms with van der Waals surface area (Å²) in [7, 11) is 0. The van der Waals surface area contributed by atoms with Crippen LogP contribution in [-0.2, 0) is 12.8 Å². The van der Waals surface area contributed by atoms with E-state index in [-0.39, 0.29) is 5.91 Å². The van der Waals surface area contributed by atoms with Crippen LogP contribution in [0.3, 0.4) is 0 Å². The molecular weight excluding hydrogens is 316 g/mol. The molecule has 1 atom stereocenters. The Morgan fingerprint density at radius 1 is 1.33 bits per heavy atom. The number of nitrogens with one attached hydrogen (secondary N) is 1. The van der Waals surface area contributed by atoms with E-state index in [1.54, 1.807) is 17.6 Å². The van der Waals surface area contributed by atoms with Crippen molar-refractivity contribution in [1.82, 2.24) is 5.43 Å². The number of hydrogen-bond donors (Lipinski definition) is 1. The highest BCUT2D eigenvalue weighted by atomic mass is 32.1. The number of fused-ring (bicyclic) bond motifs is 1. The second kappa shape index (κ2) is 7.58. The van der Waals surface area contributed by atoms with Gasteiger partial charge in [-0.15, -0.1) is 11.3 Å². The fourth-order valence-electron chi connectivity index (χ4n) is 2.91. The summed E-state index contributed by atoms with van der Waals surface area (Å²) in [5.74, 6) is 0.595. The quantitative estimate of drug-likeness (QED) is 0.637. The first-order valence-corrected chi connectivity index (χ1v) is 9.12. The van der Waals surface area contributed by atoms with Gasteiger partial charge >= 0.3 is 0 Å². The number of thiophene rings is 1. The molecule has 1 amide bonds. The number of nitrogens with zero attached hydrogens (tertiary/aromatic N) is 1. The van der Waals surface area contributed by atoms with E-state index in [1.165, 1.54) is 16.9 Å². The van der Waals surface area contributed by atoms with Gasteiger partial charge < -0.3 is 0 Å². The van der Waals surface area contributed by atoms with Crippen LogP contribution in [0.4, 0.5) is 0 Å². The molecule has 3 rings (SSSR count). The monoisotopic (exact) mass is 338 g/mol. The molecule has 0 spiro atoms. The lowest BCUT2D eigenvalue weighted by Gasteiger charge is -2.16. The van der Waals surface area contributed by atoms with Crippen LogP contribution in [0, 0.1) is 5.92 Å². The molecule has 0 saturated heterocycles. The fraction of sp³-hybridized carbons (Fsp3) is 0.300.